The standard InChI is InChI=1S/4HI.In.Tl/h4*1H;;/q;;;;+3;+1/p-4. The van der Waals surface area contributed by atoms with E-state index in [1.54, 1.807) is 0 Å². The van der Waals surface area contributed by atoms with Crippen molar-refractivity contribution in [2.45, 2.75) is 0 Å². The average Bonchev–Trinajstić information content (AvgIpc) is 0.811. The molecule has 0 bridgehead atoms. The van der Waals surface area contributed by atoms with E-state index < -0.39 is 8.97 Å². The summed E-state index contributed by atoms with van der Waals surface area (Å²) in [5.41, 5.74) is 0. The summed E-state index contributed by atoms with van der Waals surface area (Å²) in [4.78, 5) is 0. The molecule has 0 amide bonds. The summed E-state index contributed by atoms with van der Waals surface area (Å²) in [6.45, 7) is 0. The van der Waals surface area contributed by atoms with Crippen molar-refractivity contribution in [1.29, 1.82) is 0 Å². The van der Waals surface area contributed by atoms with Gasteiger partial charge in [0.2, 0.25) is 0 Å². The van der Waals surface area contributed by atoms with Crippen LogP contribution >= 0.6 is 54.4 Å². The molecular weight excluding hydrogens is 827 g/mol. The molecule has 0 heterocycles. The van der Waals surface area contributed by atoms with Crippen molar-refractivity contribution in [2.24, 2.45) is 0 Å². The maximum atomic E-state index is 2.53. The van der Waals surface area contributed by atoms with Gasteiger partial charge in [0.1, 0.15) is 0 Å². The minimum absolute atomic E-state index is 0. The zero-order valence-corrected chi connectivity index (χ0v) is 19.1. The summed E-state index contributed by atoms with van der Waals surface area (Å²) in [6.07, 6.45) is 0. The van der Waals surface area contributed by atoms with Crippen molar-refractivity contribution < 1.29 is 24.0 Å². The van der Waals surface area contributed by atoms with Crippen LogP contribution in [0.25, 0.3) is 0 Å². The van der Waals surface area contributed by atoms with Gasteiger partial charge in [-0.2, -0.15) is 0 Å². The van der Waals surface area contributed by atoms with Crippen molar-refractivity contribution in [3.8, 4) is 0 Å². The van der Waals surface area contributed by atoms with Gasteiger partial charge in [-0.05, 0) is 0 Å². The third-order valence-electron chi connectivity index (χ3n) is 0. The van der Waals surface area contributed by atoms with Crippen LogP contribution in [0.1, 0.15) is 0 Å². The SMILES string of the molecule is [I-].[I][In]([I])[I].[Tl+]. The van der Waals surface area contributed by atoms with E-state index in [2.05, 4.69) is 54.4 Å². The zero-order chi connectivity index (χ0) is 3.58. The number of hydrogen-bond donors (Lipinski definition) is 0. The molecule has 0 aliphatic carbocycles. The van der Waals surface area contributed by atoms with Crippen LogP contribution in [0.3, 0.4) is 0 Å². The van der Waals surface area contributed by atoms with Crippen LogP contribution in [0, 0.1) is 0 Å². The van der Waals surface area contributed by atoms with Crippen LogP contribution in [-0.4, -0.2) is 36.3 Å². The maximum Gasteiger partial charge on any atom is 1.00 e. The van der Waals surface area contributed by atoms with E-state index in [1.165, 1.54) is 0 Å². The van der Waals surface area contributed by atoms with Crippen LogP contribution in [0.4, 0.5) is 0 Å². The Morgan fingerprint density at radius 1 is 1.00 bits per heavy atom. The van der Waals surface area contributed by atoms with Crippen LogP contribution in [0.15, 0.2) is 0 Å². The van der Waals surface area contributed by atoms with Crippen LogP contribution in [-0.2, 0) is 0 Å². The van der Waals surface area contributed by atoms with Gasteiger partial charge in [-0.3, -0.25) is 0 Å². The van der Waals surface area contributed by atoms with Gasteiger partial charge in [0.05, 0.1) is 0 Å². The van der Waals surface area contributed by atoms with Crippen molar-refractivity contribution in [3.05, 3.63) is 0 Å². The smallest absolute Gasteiger partial charge is 1.00 e. The molecule has 0 N–H and O–H groups in total. The molecule has 6 heteroatoms. The normalized spacial score (nSPS) is 4.50. The van der Waals surface area contributed by atoms with E-state index in [-0.39, 0.29) is 51.3 Å². The molecule has 0 fully saturated rings. The van der Waals surface area contributed by atoms with E-state index in [0.29, 0.717) is 0 Å². The first-order valence-corrected chi connectivity index (χ1v) is 29.5. The van der Waals surface area contributed by atoms with E-state index in [4.69, 9.17) is 0 Å². The van der Waals surface area contributed by atoms with E-state index in [0.717, 1.165) is 0 Å². The topological polar surface area (TPSA) is 0 Å². The molecule has 0 unspecified atom stereocenters. The zero-order valence-electron chi connectivity index (χ0n) is 2.67. The fourth-order valence-corrected chi connectivity index (χ4v) is 0. The Balaban J connectivity index is -0.0000000450. The Morgan fingerprint density at radius 3 is 1.00 bits per heavy atom. The first kappa shape index (κ1) is 17.0. The van der Waals surface area contributed by atoms with Gasteiger partial charge in [0.15, 0.2) is 0 Å². The molecule has 0 aromatic carbocycles. The number of halogens is 4. The minimum Gasteiger partial charge on any atom is 1.00 e. The monoisotopic (exact) mass is 827 g/mol. The first-order chi connectivity index (χ1) is 1.73. The molecule has 0 nitrogen and oxygen atoms in total. The summed E-state index contributed by atoms with van der Waals surface area (Å²) in [7, 11) is -0.727. The third kappa shape index (κ3) is 23.3. The summed E-state index contributed by atoms with van der Waals surface area (Å²) in [5.74, 6) is 0. The van der Waals surface area contributed by atoms with Crippen LogP contribution < -0.4 is 24.0 Å². The quantitative estimate of drug-likeness (QED) is 0.215. The Labute approximate surface area is 111 Å². The molecule has 0 aromatic heterocycles. The van der Waals surface area contributed by atoms with E-state index in [9.17, 15) is 0 Å². The molecule has 0 radical (unpaired) electrons. The van der Waals surface area contributed by atoms with Crippen molar-refractivity contribution >= 4 is 90.7 Å². The molecule has 34 valence electrons. The van der Waals surface area contributed by atoms with Gasteiger partial charge in [-0.25, -0.2) is 0 Å². The number of hydrogen-bond acceptors (Lipinski definition) is 0. The summed E-state index contributed by atoms with van der Waals surface area (Å²) in [6, 6.07) is 0. The Hall–Kier alpha value is 4.71. The molecule has 0 aromatic rings. The first-order valence-electron chi connectivity index (χ1n) is 0.655. The molecule has 0 aliphatic heterocycles. The summed E-state index contributed by atoms with van der Waals surface area (Å²) < 4.78 is 0. The van der Waals surface area contributed by atoms with Crippen molar-refractivity contribution in [3.63, 3.8) is 0 Å². The van der Waals surface area contributed by atoms with E-state index in [1.807, 2.05) is 0 Å². The van der Waals surface area contributed by atoms with Gasteiger partial charge in [0, 0.05) is 0 Å². The van der Waals surface area contributed by atoms with E-state index >= 15 is 0 Å². The third-order valence-corrected chi connectivity index (χ3v) is 0. The Kier molecular flexibility index (Phi) is 35.1. The molecular formula is I4InTl. The minimum atomic E-state index is -0.727. The fraction of sp³-hybridized carbons (Fsp3) is 0. The van der Waals surface area contributed by atoms with Crippen LogP contribution in [0.2, 0.25) is 0 Å². The Bertz CT molecular complexity index is 12.3. The van der Waals surface area contributed by atoms with Crippen molar-refractivity contribution in [2.75, 3.05) is 0 Å². The van der Waals surface area contributed by atoms with Gasteiger partial charge in [0.25, 0.3) is 0 Å². The fourth-order valence-electron chi connectivity index (χ4n) is 0. The molecule has 0 rings (SSSR count). The molecule has 0 spiro atoms. The summed E-state index contributed by atoms with van der Waals surface area (Å²) >= 11 is 7.58. The average molecular weight is 827 g/mol. The Morgan fingerprint density at radius 2 is 1.00 bits per heavy atom. The maximum absolute atomic E-state index is 2.53. The predicted octanol–water partition coefficient (Wildman–Crippen LogP) is -1.10. The van der Waals surface area contributed by atoms with Gasteiger partial charge in [-0.15, -0.1) is 0 Å². The largest absolute Gasteiger partial charge is 1.00 e. The molecule has 0 saturated carbocycles. The second-order valence-electron chi connectivity index (χ2n) is 0.247. The van der Waals surface area contributed by atoms with Gasteiger partial charge >= 0.3 is 90.7 Å². The summed E-state index contributed by atoms with van der Waals surface area (Å²) in [5, 5.41) is 0. The molecule has 6 heavy (non-hydrogen) atoms. The predicted molar refractivity (Wildman–Crippen MR) is 53.6 cm³/mol. The molecule has 0 saturated heterocycles. The van der Waals surface area contributed by atoms with Crippen molar-refractivity contribution in [1.82, 2.24) is 0 Å². The second-order valence-corrected chi connectivity index (χ2v) is 74.7. The number of rotatable bonds is 0. The second kappa shape index (κ2) is 12.4. The molecule has 0 atom stereocenters. The van der Waals surface area contributed by atoms with Gasteiger partial charge in [-0.1, -0.05) is 0 Å². The van der Waals surface area contributed by atoms with Gasteiger partial charge < -0.3 is 24.0 Å². The molecule has 0 aliphatic rings. The van der Waals surface area contributed by atoms with Crippen LogP contribution in [0.5, 0.6) is 0 Å².